The zero-order valence-electron chi connectivity index (χ0n) is 10.6. The van der Waals surface area contributed by atoms with Gasteiger partial charge in [0.1, 0.15) is 11.9 Å². The average Bonchev–Trinajstić information content (AvgIpc) is 2.74. The predicted molar refractivity (Wildman–Crippen MR) is 78.0 cm³/mol. The van der Waals surface area contributed by atoms with E-state index in [0.29, 0.717) is 11.3 Å². The van der Waals surface area contributed by atoms with Crippen LogP contribution in [-0.4, -0.2) is 9.67 Å². The van der Waals surface area contributed by atoms with Crippen molar-refractivity contribution in [3.05, 3.63) is 57.0 Å². The summed E-state index contributed by atoms with van der Waals surface area (Å²) in [6.07, 6.45) is -0.888. The molecule has 0 aliphatic heterocycles. The predicted octanol–water partition coefficient (Wildman–Crippen LogP) is 4.71. The van der Waals surface area contributed by atoms with E-state index in [1.165, 1.54) is 12.1 Å². The second-order valence-corrected chi connectivity index (χ2v) is 5.84. The average molecular weight is 347 g/mol. The summed E-state index contributed by atoms with van der Waals surface area (Å²) >= 11 is 9.09. The van der Waals surface area contributed by atoms with Crippen LogP contribution < -0.4 is 0 Å². The molecule has 0 spiro atoms. The third-order valence-corrected chi connectivity index (χ3v) is 3.91. The molecule has 1 heterocycles. The van der Waals surface area contributed by atoms with Crippen LogP contribution in [0.15, 0.2) is 34.9 Å². The lowest BCUT2D eigenvalue weighted by Crippen LogP contribution is -2.11. The van der Waals surface area contributed by atoms with E-state index in [4.69, 9.17) is 11.6 Å². The number of aromatic nitrogens is 1. The first-order valence-corrected chi connectivity index (χ1v) is 7.08. The van der Waals surface area contributed by atoms with Crippen LogP contribution in [0.25, 0.3) is 0 Å². The Labute approximate surface area is 124 Å². The van der Waals surface area contributed by atoms with Crippen molar-refractivity contribution in [2.24, 2.45) is 0 Å². The van der Waals surface area contributed by atoms with E-state index in [1.807, 2.05) is 30.5 Å². The van der Waals surface area contributed by atoms with E-state index < -0.39 is 11.9 Å². The maximum atomic E-state index is 13.5. The molecular weight excluding hydrogens is 333 g/mol. The number of aliphatic hydroxyl groups excluding tert-OH is 1. The molecule has 2 aromatic rings. The fraction of sp³-hybridized carbons (Fsp3) is 0.286. The smallest absolute Gasteiger partial charge is 0.142 e. The van der Waals surface area contributed by atoms with Crippen molar-refractivity contribution in [2.75, 3.05) is 0 Å². The molecular formula is C14H14BrClFNO. The molecule has 102 valence electrons. The molecule has 0 bridgehead atoms. The van der Waals surface area contributed by atoms with E-state index in [2.05, 4.69) is 15.9 Å². The molecule has 0 saturated carbocycles. The topological polar surface area (TPSA) is 25.2 Å². The molecule has 0 saturated heterocycles. The molecule has 0 aliphatic rings. The van der Waals surface area contributed by atoms with Gasteiger partial charge >= 0.3 is 0 Å². The van der Waals surface area contributed by atoms with Crippen molar-refractivity contribution >= 4 is 27.5 Å². The largest absolute Gasteiger partial charge is 0.382 e. The van der Waals surface area contributed by atoms with Gasteiger partial charge in [-0.15, -0.1) is 0 Å². The zero-order valence-corrected chi connectivity index (χ0v) is 12.9. The third kappa shape index (κ3) is 2.86. The first-order valence-electron chi connectivity index (χ1n) is 5.91. The van der Waals surface area contributed by atoms with Gasteiger partial charge in [-0.05, 0) is 59.6 Å². The summed E-state index contributed by atoms with van der Waals surface area (Å²) in [6, 6.07) is 8.21. The number of benzene rings is 1. The van der Waals surface area contributed by atoms with Gasteiger partial charge in [0, 0.05) is 6.04 Å². The van der Waals surface area contributed by atoms with E-state index in [-0.39, 0.29) is 11.1 Å². The van der Waals surface area contributed by atoms with Gasteiger partial charge in [0.05, 0.1) is 15.3 Å². The highest BCUT2D eigenvalue weighted by Gasteiger charge is 2.19. The fourth-order valence-corrected chi connectivity index (χ4v) is 2.92. The van der Waals surface area contributed by atoms with Crippen LogP contribution in [0.5, 0.6) is 0 Å². The highest BCUT2D eigenvalue weighted by Crippen LogP contribution is 2.30. The molecule has 19 heavy (non-hydrogen) atoms. The van der Waals surface area contributed by atoms with Gasteiger partial charge < -0.3 is 9.67 Å². The molecule has 2 nitrogen and oxygen atoms in total. The van der Waals surface area contributed by atoms with Crippen molar-refractivity contribution < 1.29 is 9.50 Å². The van der Waals surface area contributed by atoms with Crippen molar-refractivity contribution in [3.8, 4) is 0 Å². The lowest BCUT2D eigenvalue weighted by molar-refractivity contribution is 0.207. The Kier molecular flexibility index (Phi) is 4.33. The quantitative estimate of drug-likeness (QED) is 0.856. The number of nitrogens with zero attached hydrogens (tertiary/aromatic N) is 1. The van der Waals surface area contributed by atoms with Gasteiger partial charge in [-0.1, -0.05) is 17.7 Å². The summed E-state index contributed by atoms with van der Waals surface area (Å²) in [7, 11) is 0. The molecule has 5 heteroatoms. The van der Waals surface area contributed by atoms with Crippen LogP contribution in [0, 0.1) is 5.82 Å². The standard InChI is InChI=1S/C14H14BrClFNO/c1-8(2)18-12(5-6-13(18)15)14(19)9-3-4-10(16)11(17)7-9/h3-8,14,19H,1-2H3. The maximum Gasteiger partial charge on any atom is 0.142 e. The number of aliphatic hydroxyl groups is 1. The van der Waals surface area contributed by atoms with Crippen LogP contribution in [-0.2, 0) is 0 Å². The molecule has 0 amide bonds. The van der Waals surface area contributed by atoms with Gasteiger partial charge in [-0.3, -0.25) is 0 Å². The fourth-order valence-electron chi connectivity index (χ4n) is 2.06. The molecule has 0 radical (unpaired) electrons. The number of hydrogen-bond acceptors (Lipinski definition) is 1. The molecule has 0 fully saturated rings. The van der Waals surface area contributed by atoms with E-state index in [0.717, 1.165) is 4.60 Å². The Morgan fingerprint density at radius 2 is 1.95 bits per heavy atom. The first-order chi connectivity index (χ1) is 8.91. The first kappa shape index (κ1) is 14.6. The number of hydrogen-bond donors (Lipinski definition) is 1. The Bertz CT molecular complexity index is 597. The van der Waals surface area contributed by atoms with Gasteiger partial charge in [0.15, 0.2) is 0 Å². The van der Waals surface area contributed by atoms with Crippen LogP contribution in [0.3, 0.4) is 0 Å². The molecule has 0 aliphatic carbocycles. The van der Waals surface area contributed by atoms with Crippen LogP contribution in [0.4, 0.5) is 4.39 Å². The molecule has 1 aromatic heterocycles. The second-order valence-electron chi connectivity index (χ2n) is 4.62. The maximum absolute atomic E-state index is 13.5. The summed E-state index contributed by atoms with van der Waals surface area (Å²) in [4.78, 5) is 0. The van der Waals surface area contributed by atoms with Crippen LogP contribution in [0.1, 0.15) is 37.3 Å². The minimum atomic E-state index is -0.888. The molecule has 2 rings (SSSR count). The molecule has 1 unspecified atom stereocenters. The molecule has 1 N–H and O–H groups in total. The Balaban J connectivity index is 2.44. The van der Waals surface area contributed by atoms with E-state index in [9.17, 15) is 9.50 Å². The SMILES string of the molecule is CC(C)n1c(Br)ccc1C(O)c1ccc(Cl)c(F)c1. The van der Waals surface area contributed by atoms with Crippen LogP contribution in [0.2, 0.25) is 5.02 Å². The highest BCUT2D eigenvalue weighted by atomic mass is 79.9. The van der Waals surface area contributed by atoms with Crippen molar-refractivity contribution in [3.63, 3.8) is 0 Å². The number of rotatable bonds is 3. The number of halogens is 3. The minimum Gasteiger partial charge on any atom is -0.382 e. The Morgan fingerprint density at radius 1 is 1.26 bits per heavy atom. The lowest BCUT2D eigenvalue weighted by atomic mass is 10.1. The minimum absolute atomic E-state index is 0.0522. The van der Waals surface area contributed by atoms with Crippen LogP contribution >= 0.6 is 27.5 Å². The van der Waals surface area contributed by atoms with Gasteiger partial charge in [-0.2, -0.15) is 0 Å². The second kappa shape index (κ2) is 5.65. The lowest BCUT2D eigenvalue weighted by Gasteiger charge is -2.19. The molecule has 1 atom stereocenters. The summed E-state index contributed by atoms with van der Waals surface area (Å²) < 4.78 is 16.3. The van der Waals surface area contributed by atoms with E-state index in [1.54, 1.807) is 6.07 Å². The normalized spacial score (nSPS) is 13.0. The third-order valence-electron chi connectivity index (χ3n) is 2.96. The van der Waals surface area contributed by atoms with Crippen molar-refractivity contribution in [1.82, 2.24) is 4.57 Å². The van der Waals surface area contributed by atoms with Crippen molar-refractivity contribution in [2.45, 2.75) is 26.0 Å². The molecule has 1 aromatic carbocycles. The Morgan fingerprint density at radius 3 is 2.53 bits per heavy atom. The Hall–Kier alpha value is -0.840. The van der Waals surface area contributed by atoms with Gasteiger partial charge in [0.25, 0.3) is 0 Å². The van der Waals surface area contributed by atoms with Crippen molar-refractivity contribution in [1.29, 1.82) is 0 Å². The monoisotopic (exact) mass is 345 g/mol. The summed E-state index contributed by atoms with van der Waals surface area (Å²) in [5, 5.41) is 10.5. The summed E-state index contributed by atoms with van der Waals surface area (Å²) in [5.41, 5.74) is 1.19. The zero-order chi connectivity index (χ0) is 14.2. The van der Waals surface area contributed by atoms with Gasteiger partial charge in [-0.25, -0.2) is 4.39 Å². The van der Waals surface area contributed by atoms with Gasteiger partial charge in [0.2, 0.25) is 0 Å². The van der Waals surface area contributed by atoms with E-state index >= 15 is 0 Å². The highest BCUT2D eigenvalue weighted by molar-refractivity contribution is 9.10. The summed E-state index contributed by atoms with van der Waals surface area (Å²) in [5.74, 6) is -0.528. The summed E-state index contributed by atoms with van der Waals surface area (Å²) in [6.45, 7) is 4.03.